The van der Waals surface area contributed by atoms with Gasteiger partial charge in [-0.2, -0.15) is 0 Å². The molecule has 150 valence electrons. The standard InChI is InChI=1S/C28H33N/c1-3-29(4-2)19-18-22-10-11-28-21-27(17-16-26(28)20-22)25-14-12-24(13-15-25)23-8-6-5-7-9-23/h5-9,12-17,21-22H,3-4,10-11,18-20H2,1-2H3. The van der Waals surface area contributed by atoms with Crippen LogP contribution in [-0.2, 0) is 12.8 Å². The lowest BCUT2D eigenvalue weighted by atomic mass is 9.81. The van der Waals surface area contributed by atoms with Crippen LogP contribution in [0.2, 0.25) is 0 Å². The van der Waals surface area contributed by atoms with Crippen LogP contribution >= 0.6 is 0 Å². The molecule has 0 fully saturated rings. The maximum absolute atomic E-state index is 2.55. The minimum Gasteiger partial charge on any atom is -0.304 e. The zero-order valence-corrected chi connectivity index (χ0v) is 17.9. The molecule has 0 N–H and O–H groups in total. The van der Waals surface area contributed by atoms with Crippen LogP contribution in [0.3, 0.4) is 0 Å². The Morgan fingerprint density at radius 2 is 1.34 bits per heavy atom. The molecule has 0 radical (unpaired) electrons. The molecule has 1 unspecified atom stereocenters. The van der Waals surface area contributed by atoms with Crippen molar-refractivity contribution >= 4 is 0 Å². The molecule has 0 bridgehead atoms. The molecule has 1 atom stereocenters. The Labute approximate surface area is 176 Å². The van der Waals surface area contributed by atoms with Gasteiger partial charge in [0.1, 0.15) is 0 Å². The highest BCUT2D eigenvalue weighted by molar-refractivity contribution is 5.71. The van der Waals surface area contributed by atoms with E-state index in [4.69, 9.17) is 0 Å². The van der Waals surface area contributed by atoms with Crippen LogP contribution in [0.5, 0.6) is 0 Å². The zero-order valence-electron chi connectivity index (χ0n) is 17.9. The first kappa shape index (κ1) is 19.9. The summed E-state index contributed by atoms with van der Waals surface area (Å²) in [6.07, 6.45) is 5.16. The lowest BCUT2D eigenvalue weighted by molar-refractivity contribution is 0.266. The smallest absolute Gasteiger partial charge is 0.00162 e. The second-order valence-corrected chi connectivity index (χ2v) is 8.35. The topological polar surface area (TPSA) is 3.24 Å². The fraction of sp³-hybridized carbons (Fsp3) is 0.357. The molecule has 0 amide bonds. The van der Waals surface area contributed by atoms with Crippen molar-refractivity contribution in [3.05, 3.63) is 83.9 Å². The van der Waals surface area contributed by atoms with Crippen molar-refractivity contribution in [2.45, 2.75) is 39.5 Å². The maximum Gasteiger partial charge on any atom is -0.00162 e. The van der Waals surface area contributed by atoms with Gasteiger partial charge < -0.3 is 4.90 Å². The number of hydrogen-bond donors (Lipinski definition) is 0. The van der Waals surface area contributed by atoms with E-state index in [0.717, 1.165) is 5.92 Å². The molecule has 0 aromatic heterocycles. The van der Waals surface area contributed by atoms with Crippen LogP contribution in [0.1, 0.15) is 37.8 Å². The van der Waals surface area contributed by atoms with Crippen molar-refractivity contribution in [1.82, 2.24) is 4.90 Å². The molecule has 29 heavy (non-hydrogen) atoms. The van der Waals surface area contributed by atoms with Crippen molar-refractivity contribution < 1.29 is 0 Å². The Morgan fingerprint density at radius 3 is 2.03 bits per heavy atom. The van der Waals surface area contributed by atoms with Crippen LogP contribution in [0.15, 0.2) is 72.8 Å². The Morgan fingerprint density at radius 1 is 0.724 bits per heavy atom. The molecule has 0 saturated heterocycles. The second-order valence-electron chi connectivity index (χ2n) is 8.35. The Balaban J connectivity index is 1.44. The molecule has 0 spiro atoms. The first-order valence-corrected chi connectivity index (χ1v) is 11.3. The predicted molar refractivity (Wildman–Crippen MR) is 125 cm³/mol. The molecule has 1 aliphatic rings. The van der Waals surface area contributed by atoms with E-state index in [9.17, 15) is 0 Å². The number of hydrogen-bond acceptors (Lipinski definition) is 1. The van der Waals surface area contributed by atoms with Crippen LogP contribution in [0.25, 0.3) is 22.3 Å². The van der Waals surface area contributed by atoms with Gasteiger partial charge in [0.2, 0.25) is 0 Å². The van der Waals surface area contributed by atoms with E-state index in [2.05, 4.69) is 91.5 Å². The number of nitrogens with zero attached hydrogens (tertiary/aromatic N) is 1. The minimum atomic E-state index is 0.846. The summed E-state index contributed by atoms with van der Waals surface area (Å²) in [5.41, 5.74) is 8.36. The molecule has 0 heterocycles. The summed E-state index contributed by atoms with van der Waals surface area (Å²) in [6, 6.07) is 26.8. The number of rotatable bonds is 7. The van der Waals surface area contributed by atoms with Gasteiger partial charge in [-0.15, -0.1) is 0 Å². The van der Waals surface area contributed by atoms with E-state index < -0.39 is 0 Å². The average molecular weight is 384 g/mol. The van der Waals surface area contributed by atoms with Crippen LogP contribution < -0.4 is 0 Å². The largest absolute Gasteiger partial charge is 0.304 e. The summed E-state index contributed by atoms with van der Waals surface area (Å²) in [6.45, 7) is 8.14. The van der Waals surface area contributed by atoms with Gasteiger partial charge in [0.15, 0.2) is 0 Å². The molecule has 0 aliphatic heterocycles. The predicted octanol–water partition coefficient (Wildman–Crippen LogP) is 6.86. The van der Waals surface area contributed by atoms with Crippen molar-refractivity contribution in [3.63, 3.8) is 0 Å². The third-order valence-corrected chi connectivity index (χ3v) is 6.61. The summed E-state index contributed by atoms with van der Waals surface area (Å²) in [7, 11) is 0. The van der Waals surface area contributed by atoms with Crippen molar-refractivity contribution in [2.75, 3.05) is 19.6 Å². The molecule has 3 aromatic rings. The fourth-order valence-electron chi connectivity index (χ4n) is 4.65. The summed E-state index contributed by atoms with van der Waals surface area (Å²) >= 11 is 0. The van der Waals surface area contributed by atoms with Gasteiger partial charge in [0, 0.05) is 0 Å². The lowest BCUT2D eigenvalue weighted by Gasteiger charge is -2.27. The van der Waals surface area contributed by atoms with E-state index in [1.165, 1.54) is 67.6 Å². The Hall–Kier alpha value is -2.38. The number of aryl methyl sites for hydroxylation is 1. The molecule has 1 aliphatic carbocycles. The molecular weight excluding hydrogens is 350 g/mol. The molecule has 4 rings (SSSR count). The van der Waals surface area contributed by atoms with Gasteiger partial charge in [-0.1, -0.05) is 86.6 Å². The van der Waals surface area contributed by atoms with E-state index in [1.807, 2.05) is 0 Å². The third-order valence-electron chi connectivity index (χ3n) is 6.61. The maximum atomic E-state index is 2.55. The minimum absolute atomic E-state index is 0.846. The highest BCUT2D eigenvalue weighted by Crippen LogP contribution is 2.32. The fourth-order valence-corrected chi connectivity index (χ4v) is 4.65. The Kier molecular flexibility index (Phi) is 6.46. The van der Waals surface area contributed by atoms with Gasteiger partial charge in [-0.25, -0.2) is 0 Å². The highest BCUT2D eigenvalue weighted by Gasteiger charge is 2.19. The second kappa shape index (κ2) is 9.41. The summed E-state index contributed by atoms with van der Waals surface area (Å²) in [5.74, 6) is 0.846. The van der Waals surface area contributed by atoms with Gasteiger partial charge >= 0.3 is 0 Å². The first-order chi connectivity index (χ1) is 14.3. The molecule has 1 heteroatoms. The molecular formula is C28H33N. The summed E-state index contributed by atoms with van der Waals surface area (Å²) in [4.78, 5) is 2.55. The van der Waals surface area contributed by atoms with E-state index in [0.29, 0.717) is 0 Å². The lowest BCUT2D eigenvalue weighted by Crippen LogP contribution is -2.27. The average Bonchev–Trinajstić information content (AvgIpc) is 2.80. The highest BCUT2D eigenvalue weighted by atomic mass is 15.1. The van der Waals surface area contributed by atoms with E-state index in [-0.39, 0.29) is 0 Å². The van der Waals surface area contributed by atoms with Crippen LogP contribution in [0, 0.1) is 5.92 Å². The van der Waals surface area contributed by atoms with Gasteiger partial charge in [-0.05, 0) is 84.6 Å². The molecule has 1 nitrogen and oxygen atoms in total. The monoisotopic (exact) mass is 383 g/mol. The van der Waals surface area contributed by atoms with Crippen molar-refractivity contribution in [2.24, 2.45) is 5.92 Å². The van der Waals surface area contributed by atoms with Crippen LogP contribution in [0.4, 0.5) is 0 Å². The van der Waals surface area contributed by atoms with Crippen molar-refractivity contribution in [1.29, 1.82) is 0 Å². The third kappa shape index (κ3) is 4.79. The van der Waals surface area contributed by atoms with Gasteiger partial charge in [0.25, 0.3) is 0 Å². The van der Waals surface area contributed by atoms with E-state index >= 15 is 0 Å². The normalized spacial score (nSPS) is 16.0. The first-order valence-electron chi connectivity index (χ1n) is 11.3. The van der Waals surface area contributed by atoms with Crippen LogP contribution in [-0.4, -0.2) is 24.5 Å². The summed E-state index contributed by atoms with van der Waals surface area (Å²) in [5, 5.41) is 0. The number of benzene rings is 3. The molecule has 0 saturated carbocycles. The molecule has 3 aromatic carbocycles. The van der Waals surface area contributed by atoms with Gasteiger partial charge in [0.05, 0.1) is 0 Å². The van der Waals surface area contributed by atoms with Gasteiger partial charge in [-0.3, -0.25) is 0 Å². The van der Waals surface area contributed by atoms with E-state index in [1.54, 1.807) is 11.1 Å². The summed E-state index contributed by atoms with van der Waals surface area (Å²) < 4.78 is 0. The number of fused-ring (bicyclic) bond motifs is 1. The zero-order chi connectivity index (χ0) is 20.1. The quantitative estimate of drug-likeness (QED) is 0.431. The van der Waals surface area contributed by atoms with Crippen molar-refractivity contribution in [3.8, 4) is 22.3 Å². The Bertz CT molecular complexity index is 907. The SMILES string of the molecule is CCN(CC)CCC1CCc2cc(-c3ccc(-c4ccccc4)cc3)ccc2C1.